The zero-order valence-corrected chi connectivity index (χ0v) is 16.4. The van der Waals surface area contributed by atoms with E-state index in [9.17, 15) is 0 Å². The van der Waals surface area contributed by atoms with E-state index >= 15 is 0 Å². The van der Waals surface area contributed by atoms with E-state index in [1.54, 1.807) is 11.8 Å². The lowest BCUT2D eigenvalue weighted by Gasteiger charge is -2.21. The fraction of sp³-hybridized carbons (Fsp3) is 0.294. The number of hydrogen-bond donors (Lipinski definition) is 1. The highest BCUT2D eigenvalue weighted by atomic mass is 79.9. The average molecular weight is 429 g/mol. The Bertz CT molecular complexity index is 603. The molecule has 2 aromatic carbocycles. The van der Waals surface area contributed by atoms with Crippen molar-refractivity contribution in [2.75, 3.05) is 0 Å². The standard InChI is InChI=1S/C17H19Br2NS/c1-17(2,3)20-11-12-4-7-15(10-16(12)19)21-14-8-5-13(18)6-9-14/h4-10,20H,11H2,1-3H3. The molecule has 21 heavy (non-hydrogen) atoms. The predicted molar refractivity (Wildman–Crippen MR) is 99.0 cm³/mol. The molecule has 0 fully saturated rings. The van der Waals surface area contributed by atoms with Gasteiger partial charge in [0.2, 0.25) is 0 Å². The molecule has 0 radical (unpaired) electrons. The number of nitrogens with one attached hydrogen (secondary N) is 1. The van der Waals surface area contributed by atoms with Crippen molar-refractivity contribution in [1.82, 2.24) is 5.32 Å². The maximum absolute atomic E-state index is 3.68. The Morgan fingerprint density at radius 2 is 1.57 bits per heavy atom. The fourth-order valence-corrected chi connectivity index (χ4v) is 3.53. The van der Waals surface area contributed by atoms with Crippen LogP contribution < -0.4 is 5.32 Å². The molecule has 0 heterocycles. The maximum atomic E-state index is 3.68. The first-order chi connectivity index (χ1) is 9.83. The molecule has 0 saturated carbocycles. The molecule has 0 aliphatic heterocycles. The zero-order chi connectivity index (χ0) is 15.5. The second-order valence-electron chi connectivity index (χ2n) is 5.91. The Balaban J connectivity index is 2.06. The van der Waals surface area contributed by atoms with Gasteiger partial charge in [0.1, 0.15) is 0 Å². The van der Waals surface area contributed by atoms with E-state index < -0.39 is 0 Å². The van der Waals surface area contributed by atoms with E-state index in [-0.39, 0.29) is 5.54 Å². The highest BCUT2D eigenvalue weighted by molar-refractivity contribution is 9.10. The Labute approximate surface area is 148 Å². The summed E-state index contributed by atoms with van der Waals surface area (Å²) in [5.74, 6) is 0. The molecule has 0 amide bonds. The van der Waals surface area contributed by atoms with Gasteiger partial charge >= 0.3 is 0 Å². The third-order valence-electron chi connectivity index (χ3n) is 2.88. The van der Waals surface area contributed by atoms with E-state index in [2.05, 4.69) is 100 Å². The molecule has 1 nitrogen and oxygen atoms in total. The summed E-state index contributed by atoms with van der Waals surface area (Å²) in [5.41, 5.74) is 1.41. The highest BCUT2D eigenvalue weighted by Crippen LogP contribution is 2.31. The molecule has 0 aliphatic carbocycles. The first-order valence-electron chi connectivity index (χ1n) is 6.80. The normalized spacial score (nSPS) is 11.7. The highest BCUT2D eigenvalue weighted by Gasteiger charge is 2.10. The molecule has 0 saturated heterocycles. The average Bonchev–Trinajstić information content (AvgIpc) is 2.39. The SMILES string of the molecule is CC(C)(C)NCc1ccc(Sc2ccc(Br)cc2)cc1Br. The van der Waals surface area contributed by atoms with Crippen molar-refractivity contribution in [3.05, 3.63) is 57.0 Å². The van der Waals surface area contributed by atoms with Gasteiger partial charge in [0.25, 0.3) is 0 Å². The van der Waals surface area contributed by atoms with E-state index in [4.69, 9.17) is 0 Å². The number of benzene rings is 2. The van der Waals surface area contributed by atoms with Crippen LogP contribution in [0.4, 0.5) is 0 Å². The smallest absolute Gasteiger partial charge is 0.0231 e. The lowest BCUT2D eigenvalue weighted by molar-refractivity contribution is 0.424. The lowest BCUT2D eigenvalue weighted by atomic mass is 10.1. The molecule has 1 N–H and O–H groups in total. The van der Waals surface area contributed by atoms with Gasteiger partial charge in [-0.15, -0.1) is 0 Å². The monoisotopic (exact) mass is 427 g/mol. The van der Waals surface area contributed by atoms with Crippen LogP contribution in [0.2, 0.25) is 0 Å². The largest absolute Gasteiger partial charge is 0.308 e. The molecule has 0 unspecified atom stereocenters. The van der Waals surface area contributed by atoms with Gasteiger partial charge in [-0.2, -0.15) is 0 Å². The second-order valence-corrected chi connectivity index (χ2v) is 8.83. The van der Waals surface area contributed by atoms with Crippen molar-refractivity contribution >= 4 is 43.6 Å². The molecule has 0 bridgehead atoms. The summed E-state index contributed by atoms with van der Waals surface area (Å²) >= 11 is 8.91. The quantitative estimate of drug-likeness (QED) is 0.617. The van der Waals surface area contributed by atoms with Gasteiger partial charge in [-0.3, -0.25) is 0 Å². The van der Waals surface area contributed by atoms with Gasteiger partial charge in [-0.1, -0.05) is 49.7 Å². The summed E-state index contributed by atoms with van der Waals surface area (Å²) in [6, 6.07) is 14.9. The van der Waals surface area contributed by atoms with Crippen LogP contribution in [0.25, 0.3) is 0 Å². The van der Waals surface area contributed by atoms with Gasteiger partial charge in [-0.05, 0) is 62.7 Å². The van der Waals surface area contributed by atoms with Crippen LogP contribution in [0.5, 0.6) is 0 Å². The van der Waals surface area contributed by atoms with Crippen LogP contribution in [0.1, 0.15) is 26.3 Å². The van der Waals surface area contributed by atoms with E-state index in [1.807, 2.05) is 0 Å². The van der Waals surface area contributed by atoms with Crippen LogP contribution in [0, 0.1) is 0 Å². The van der Waals surface area contributed by atoms with Crippen molar-refractivity contribution in [1.29, 1.82) is 0 Å². The second kappa shape index (κ2) is 7.32. The fourth-order valence-electron chi connectivity index (χ4n) is 1.73. The minimum atomic E-state index is 0.129. The Morgan fingerprint density at radius 1 is 0.952 bits per heavy atom. The minimum absolute atomic E-state index is 0.129. The molecule has 2 aromatic rings. The molecular weight excluding hydrogens is 410 g/mol. The molecule has 0 aromatic heterocycles. The van der Waals surface area contributed by atoms with E-state index in [0.29, 0.717) is 0 Å². The number of halogens is 2. The van der Waals surface area contributed by atoms with Crippen molar-refractivity contribution in [3.8, 4) is 0 Å². The molecule has 0 spiro atoms. The van der Waals surface area contributed by atoms with Crippen molar-refractivity contribution in [2.24, 2.45) is 0 Å². The maximum Gasteiger partial charge on any atom is 0.0231 e. The van der Waals surface area contributed by atoms with E-state index in [0.717, 1.165) is 15.5 Å². The van der Waals surface area contributed by atoms with Gasteiger partial charge in [-0.25, -0.2) is 0 Å². The van der Waals surface area contributed by atoms with Crippen molar-refractivity contribution in [2.45, 2.75) is 42.6 Å². The van der Waals surface area contributed by atoms with Gasteiger partial charge in [0, 0.05) is 30.8 Å². The molecule has 0 aliphatic rings. The molecule has 4 heteroatoms. The first kappa shape index (κ1) is 17.1. The van der Waals surface area contributed by atoms with Crippen LogP contribution in [-0.2, 0) is 6.54 Å². The van der Waals surface area contributed by atoms with Crippen molar-refractivity contribution < 1.29 is 0 Å². The van der Waals surface area contributed by atoms with Crippen LogP contribution >= 0.6 is 43.6 Å². The van der Waals surface area contributed by atoms with Crippen LogP contribution in [0.3, 0.4) is 0 Å². The lowest BCUT2D eigenvalue weighted by Crippen LogP contribution is -2.35. The molecular formula is C17H19Br2NS. The van der Waals surface area contributed by atoms with Crippen LogP contribution in [0.15, 0.2) is 61.2 Å². The summed E-state index contributed by atoms with van der Waals surface area (Å²) in [6.45, 7) is 7.41. The van der Waals surface area contributed by atoms with E-state index in [1.165, 1.54) is 15.4 Å². The van der Waals surface area contributed by atoms with Crippen LogP contribution in [-0.4, -0.2) is 5.54 Å². The van der Waals surface area contributed by atoms with Gasteiger partial charge < -0.3 is 5.32 Å². The minimum Gasteiger partial charge on any atom is -0.308 e. The summed E-state index contributed by atoms with van der Waals surface area (Å²) in [7, 11) is 0. The predicted octanol–water partition coefficient (Wildman–Crippen LogP) is 6.25. The van der Waals surface area contributed by atoms with Gasteiger partial charge in [0.15, 0.2) is 0 Å². The summed E-state index contributed by atoms with van der Waals surface area (Å²) in [4.78, 5) is 2.48. The Kier molecular flexibility index (Phi) is 5.95. The number of rotatable bonds is 4. The molecule has 2 rings (SSSR count). The number of hydrogen-bond acceptors (Lipinski definition) is 2. The third-order valence-corrected chi connectivity index (χ3v) is 5.15. The summed E-state index contributed by atoms with van der Waals surface area (Å²) < 4.78 is 2.26. The first-order valence-corrected chi connectivity index (χ1v) is 9.21. The van der Waals surface area contributed by atoms with Gasteiger partial charge in [0.05, 0.1) is 0 Å². The Hall–Kier alpha value is -0.290. The van der Waals surface area contributed by atoms with Crippen molar-refractivity contribution in [3.63, 3.8) is 0 Å². The topological polar surface area (TPSA) is 12.0 Å². The molecule has 112 valence electrons. The summed E-state index contributed by atoms with van der Waals surface area (Å²) in [6.07, 6.45) is 0. The Morgan fingerprint density at radius 3 is 2.14 bits per heavy atom. The summed E-state index contributed by atoms with van der Waals surface area (Å²) in [5, 5.41) is 3.51. The zero-order valence-electron chi connectivity index (χ0n) is 12.4. The third kappa shape index (κ3) is 5.78. The molecule has 0 atom stereocenters.